The largest absolute Gasteiger partial charge is 0.345 e. The molecule has 0 amide bonds. The van der Waals surface area contributed by atoms with Crippen molar-refractivity contribution in [2.75, 3.05) is 0 Å². The molecule has 0 bridgehead atoms. The van der Waals surface area contributed by atoms with Crippen LogP contribution in [0.25, 0.3) is 0 Å². The van der Waals surface area contributed by atoms with E-state index in [2.05, 4.69) is 0 Å². The van der Waals surface area contributed by atoms with Gasteiger partial charge in [-0.15, -0.1) is 0 Å². The zero-order valence-corrected chi connectivity index (χ0v) is 7.55. The molecule has 2 nitrogen and oxygen atoms in total. The molecule has 0 saturated heterocycles. The molecule has 1 rings (SSSR count). The lowest BCUT2D eigenvalue weighted by Crippen LogP contribution is -2.15. The average molecular weight is 187 g/mol. The van der Waals surface area contributed by atoms with Gasteiger partial charge in [0.2, 0.25) is 0 Å². The third-order valence-electron chi connectivity index (χ3n) is 1.87. The number of halogens is 2. The first kappa shape index (κ1) is 9.89. The predicted octanol–water partition coefficient (Wildman–Crippen LogP) is 1.73. The maximum absolute atomic E-state index is 12.0. The maximum Gasteiger partial charge on any atom is 0.256 e. The molecule has 1 aromatic heterocycles. The van der Waals surface area contributed by atoms with E-state index >= 15 is 0 Å². The van der Waals surface area contributed by atoms with Crippen LogP contribution in [-0.4, -0.2) is 11.0 Å². The number of hydrogen-bond acceptors (Lipinski definition) is 1. The molecule has 72 valence electrons. The average Bonchev–Trinajstić information content (AvgIpc) is 1.99. The first-order chi connectivity index (χ1) is 6.00. The molecule has 0 aromatic carbocycles. The van der Waals surface area contributed by atoms with E-state index in [1.807, 2.05) is 0 Å². The standard InChI is InChI=1S/C9H11F2NO/c1-6-4-12(5-9(10)11)7(2)3-8(6)13/h3-4,9H,5H2,1-2H3. The van der Waals surface area contributed by atoms with Crippen LogP contribution in [0.4, 0.5) is 8.78 Å². The van der Waals surface area contributed by atoms with Crippen molar-refractivity contribution in [2.24, 2.45) is 0 Å². The van der Waals surface area contributed by atoms with E-state index < -0.39 is 6.43 Å². The van der Waals surface area contributed by atoms with Gasteiger partial charge in [0.25, 0.3) is 6.43 Å². The summed E-state index contributed by atoms with van der Waals surface area (Å²) >= 11 is 0. The summed E-state index contributed by atoms with van der Waals surface area (Å²) in [5.41, 5.74) is 0.949. The number of pyridine rings is 1. The van der Waals surface area contributed by atoms with Crippen LogP contribution < -0.4 is 5.43 Å². The number of hydrogen-bond donors (Lipinski definition) is 0. The quantitative estimate of drug-likeness (QED) is 0.691. The van der Waals surface area contributed by atoms with Crippen molar-refractivity contribution < 1.29 is 8.78 Å². The molecule has 0 atom stereocenters. The number of aryl methyl sites for hydroxylation is 2. The molecule has 0 radical (unpaired) electrons. The molecule has 0 spiro atoms. The number of nitrogens with zero attached hydrogens (tertiary/aromatic N) is 1. The predicted molar refractivity (Wildman–Crippen MR) is 46.2 cm³/mol. The van der Waals surface area contributed by atoms with Gasteiger partial charge in [-0.05, 0) is 13.8 Å². The van der Waals surface area contributed by atoms with Gasteiger partial charge in [0.1, 0.15) is 0 Å². The summed E-state index contributed by atoms with van der Waals surface area (Å²) in [6, 6.07) is 1.37. The van der Waals surface area contributed by atoms with Crippen LogP contribution >= 0.6 is 0 Å². The molecule has 1 heterocycles. The fraction of sp³-hybridized carbons (Fsp3) is 0.444. The van der Waals surface area contributed by atoms with Crippen molar-refractivity contribution in [3.8, 4) is 0 Å². The van der Waals surface area contributed by atoms with E-state index in [1.165, 1.54) is 16.8 Å². The fourth-order valence-electron chi connectivity index (χ4n) is 1.13. The number of alkyl halides is 2. The fourth-order valence-corrected chi connectivity index (χ4v) is 1.13. The summed E-state index contributed by atoms with van der Waals surface area (Å²) in [7, 11) is 0. The molecule has 0 N–H and O–H groups in total. The second-order valence-electron chi connectivity index (χ2n) is 3.01. The maximum atomic E-state index is 12.0. The van der Waals surface area contributed by atoms with Crippen LogP contribution in [0.2, 0.25) is 0 Å². The Labute approximate surface area is 74.8 Å². The van der Waals surface area contributed by atoms with Crippen molar-refractivity contribution in [3.63, 3.8) is 0 Å². The lowest BCUT2D eigenvalue weighted by molar-refractivity contribution is 0.125. The normalized spacial score (nSPS) is 10.8. The summed E-state index contributed by atoms with van der Waals surface area (Å²) in [6.07, 6.45) is -0.926. The Balaban J connectivity index is 3.08. The van der Waals surface area contributed by atoms with Gasteiger partial charge in [0.05, 0.1) is 6.54 Å². The molecule has 0 saturated carbocycles. The Morgan fingerprint density at radius 3 is 2.62 bits per heavy atom. The number of rotatable bonds is 2. The third kappa shape index (κ3) is 2.37. The molecule has 0 unspecified atom stereocenters. The molecule has 0 fully saturated rings. The van der Waals surface area contributed by atoms with E-state index in [9.17, 15) is 13.6 Å². The zero-order valence-electron chi connectivity index (χ0n) is 7.55. The highest BCUT2D eigenvalue weighted by molar-refractivity contribution is 5.13. The molecule has 4 heteroatoms. The molecular weight excluding hydrogens is 176 g/mol. The Kier molecular flexibility index (Phi) is 2.80. The van der Waals surface area contributed by atoms with Crippen LogP contribution in [0, 0.1) is 13.8 Å². The second-order valence-corrected chi connectivity index (χ2v) is 3.01. The van der Waals surface area contributed by atoms with E-state index in [-0.39, 0.29) is 12.0 Å². The Hall–Kier alpha value is -1.19. The highest BCUT2D eigenvalue weighted by atomic mass is 19.3. The van der Waals surface area contributed by atoms with Gasteiger partial charge in [-0.25, -0.2) is 8.78 Å². The van der Waals surface area contributed by atoms with E-state index in [4.69, 9.17) is 0 Å². The van der Waals surface area contributed by atoms with Crippen molar-refractivity contribution in [1.29, 1.82) is 0 Å². The second kappa shape index (κ2) is 3.68. The minimum absolute atomic E-state index is 0.108. The molecular formula is C9H11F2NO. The highest BCUT2D eigenvalue weighted by Crippen LogP contribution is 2.03. The van der Waals surface area contributed by atoms with E-state index in [0.717, 1.165) is 0 Å². The summed E-state index contributed by atoms with van der Waals surface area (Å²) in [6.45, 7) is 2.90. The number of aromatic nitrogens is 1. The Morgan fingerprint density at radius 2 is 2.08 bits per heavy atom. The van der Waals surface area contributed by atoms with Gasteiger partial charge in [0, 0.05) is 23.5 Å². The van der Waals surface area contributed by atoms with Gasteiger partial charge in [-0.3, -0.25) is 4.79 Å². The van der Waals surface area contributed by atoms with E-state index in [1.54, 1.807) is 13.8 Å². The van der Waals surface area contributed by atoms with Crippen molar-refractivity contribution in [2.45, 2.75) is 26.8 Å². The summed E-state index contributed by atoms with van der Waals surface area (Å²) in [4.78, 5) is 11.1. The van der Waals surface area contributed by atoms with Crippen LogP contribution in [0.1, 0.15) is 11.3 Å². The lowest BCUT2D eigenvalue weighted by atomic mass is 10.2. The molecule has 1 aromatic rings. The van der Waals surface area contributed by atoms with Crippen molar-refractivity contribution >= 4 is 0 Å². The van der Waals surface area contributed by atoms with Gasteiger partial charge in [-0.1, -0.05) is 0 Å². The molecule has 0 aliphatic carbocycles. The zero-order chi connectivity index (χ0) is 10.0. The Bertz CT molecular complexity index is 357. The minimum Gasteiger partial charge on any atom is -0.345 e. The highest BCUT2D eigenvalue weighted by Gasteiger charge is 2.06. The van der Waals surface area contributed by atoms with Crippen LogP contribution in [0.5, 0.6) is 0 Å². The monoisotopic (exact) mass is 187 g/mol. The summed E-state index contributed by atoms with van der Waals surface area (Å²) < 4.78 is 25.5. The summed E-state index contributed by atoms with van der Waals surface area (Å²) in [5.74, 6) is 0. The smallest absolute Gasteiger partial charge is 0.256 e. The van der Waals surface area contributed by atoms with Crippen LogP contribution in [0.3, 0.4) is 0 Å². The van der Waals surface area contributed by atoms with Gasteiger partial charge < -0.3 is 4.57 Å². The molecule has 0 aliphatic heterocycles. The van der Waals surface area contributed by atoms with Crippen molar-refractivity contribution in [1.82, 2.24) is 4.57 Å². The van der Waals surface area contributed by atoms with Gasteiger partial charge in [0.15, 0.2) is 5.43 Å². The lowest BCUT2D eigenvalue weighted by Gasteiger charge is -2.10. The SMILES string of the molecule is Cc1cn(CC(F)F)c(C)cc1=O. The van der Waals surface area contributed by atoms with Gasteiger partial charge >= 0.3 is 0 Å². The summed E-state index contributed by atoms with van der Waals surface area (Å²) in [5, 5.41) is 0. The van der Waals surface area contributed by atoms with Crippen LogP contribution in [-0.2, 0) is 6.54 Å². The van der Waals surface area contributed by atoms with E-state index in [0.29, 0.717) is 11.3 Å². The first-order valence-electron chi connectivity index (χ1n) is 3.96. The molecule has 0 aliphatic rings. The van der Waals surface area contributed by atoms with Gasteiger partial charge in [-0.2, -0.15) is 0 Å². The van der Waals surface area contributed by atoms with Crippen molar-refractivity contribution in [3.05, 3.63) is 33.7 Å². The van der Waals surface area contributed by atoms with Crippen LogP contribution in [0.15, 0.2) is 17.1 Å². The topological polar surface area (TPSA) is 22.0 Å². The first-order valence-corrected chi connectivity index (χ1v) is 3.96. The minimum atomic E-state index is -2.39. The Morgan fingerprint density at radius 1 is 1.46 bits per heavy atom. The third-order valence-corrected chi connectivity index (χ3v) is 1.87. The molecule has 13 heavy (non-hydrogen) atoms.